The molecule has 1 atom stereocenters. The van der Waals surface area contributed by atoms with Gasteiger partial charge in [0.15, 0.2) is 0 Å². The summed E-state index contributed by atoms with van der Waals surface area (Å²) in [7, 11) is 0. The Morgan fingerprint density at radius 2 is 1.94 bits per heavy atom. The minimum atomic E-state index is -0.106. The molecule has 1 aromatic carbocycles. The van der Waals surface area contributed by atoms with E-state index >= 15 is 0 Å². The molecule has 1 saturated heterocycles. The monoisotopic (exact) mass is 390 g/mol. The van der Waals surface area contributed by atoms with E-state index in [1.54, 1.807) is 4.90 Å². The first kappa shape index (κ1) is 14.0. The number of likely N-dealkylation sites (tertiary alicyclic amines) is 1. The molecule has 96 valence electrons. The molecule has 2 N–H and O–H groups in total. The maximum atomic E-state index is 12.4. The van der Waals surface area contributed by atoms with Gasteiger partial charge in [0.2, 0.25) is 0 Å². The quantitative estimate of drug-likeness (QED) is 0.788. The van der Waals surface area contributed by atoms with Crippen LogP contribution in [0.2, 0.25) is 0 Å². The lowest BCUT2D eigenvalue weighted by molar-refractivity contribution is 0.0770. The van der Waals surface area contributed by atoms with Crippen LogP contribution in [0.15, 0.2) is 27.1 Å². The highest BCUT2D eigenvalue weighted by Gasteiger charge is 2.31. The van der Waals surface area contributed by atoms with Gasteiger partial charge in [-0.2, -0.15) is 0 Å². The number of amides is 1. The molecule has 0 aromatic heterocycles. The molecule has 0 saturated carbocycles. The summed E-state index contributed by atoms with van der Waals surface area (Å²) in [6, 6.07) is 5.40. The average Bonchev–Trinajstić information content (AvgIpc) is 2.75. The predicted molar refractivity (Wildman–Crippen MR) is 82.7 cm³/mol. The van der Waals surface area contributed by atoms with Gasteiger partial charge in [-0.1, -0.05) is 44.1 Å². The molecular weight excluding hydrogens is 380 g/mol. The molecule has 1 fully saturated rings. The van der Waals surface area contributed by atoms with E-state index in [2.05, 4.69) is 31.9 Å². The fourth-order valence-corrected chi connectivity index (χ4v) is 3.69. The van der Waals surface area contributed by atoms with E-state index in [9.17, 15) is 4.79 Å². The summed E-state index contributed by atoms with van der Waals surface area (Å²) < 4.78 is 1.73. The van der Waals surface area contributed by atoms with Gasteiger partial charge in [-0.15, -0.1) is 0 Å². The number of nitrogens with two attached hydrogens (primary N) is 1. The summed E-state index contributed by atoms with van der Waals surface area (Å²) >= 11 is 11.8. The van der Waals surface area contributed by atoms with Crippen LogP contribution in [0, 0.1) is 0 Å². The molecular formula is C12H12Br2N2OS. The van der Waals surface area contributed by atoms with Gasteiger partial charge in [0.25, 0.3) is 5.91 Å². The number of carbonyl (C=O) groups excluding carboxylic acids is 1. The second-order valence-corrected chi connectivity index (χ2v) is 6.52. The van der Waals surface area contributed by atoms with Gasteiger partial charge < -0.3 is 10.6 Å². The second kappa shape index (κ2) is 5.67. The van der Waals surface area contributed by atoms with Crippen molar-refractivity contribution in [3.05, 3.63) is 32.7 Å². The number of thiocarbonyl (C=S) groups is 1. The largest absolute Gasteiger partial charge is 0.392 e. The lowest BCUT2D eigenvalue weighted by atomic mass is 10.1. The zero-order chi connectivity index (χ0) is 13.3. The SMILES string of the molecule is NC(=S)C1CCCN1C(=O)c1cc(Br)cc(Br)c1. The molecule has 0 bridgehead atoms. The number of carbonyl (C=O) groups is 1. The van der Waals surface area contributed by atoms with Crippen molar-refractivity contribution in [2.75, 3.05) is 6.54 Å². The van der Waals surface area contributed by atoms with Crippen LogP contribution < -0.4 is 5.73 Å². The maximum Gasteiger partial charge on any atom is 0.254 e. The molecule has 18 heavy (non-hydrogen) atoms. The Balaban J connectivity index is 2.28. The van der Waals surface area contributed by atoms with Crippen molar-refractivity contribution in [1.29, 1.82) is 0 Å². The third-order valence-electron chi connectivity index (χ3n) is 2.95. The molecule has 3 nitrogen and oxygen atoms in total. The first-order valence-corrected chi connectivity index (χ1v) is 7.55. The normalized spacial score (nSPS) is 19.0. The zero-order valence-electron chi connectivity index (χ0n) is 9.53. The maximum absolute atomic E-state index is 12.4. The Morgan fingerprint density at radius 1 is 1.33 bits per heavy atom. The van der Waals surface area contributed by atoms with Crippen LogP contribution in [-0.2, 0) is 0 Å². The highest BCUT2D eigenvalue weighted by molar-refractivity contribution is 9.11. The molecule has 1 heterocycles. The van der Waals surface area contributed by atoms with Gasteiger partial charge in [-0.05, 0) is 31.0 Å². The number of halogens is 2. The summed E-state index contributed by atoms with van der Waals surface area (Å²) in [5, 5.41) is 0. The van der Waals surface area contributed by atoms with Crippen LogP contribution in [0.25, 0.3) is 0 Å². The Kier molecular flexibility index (Phi) is 4.40. The number of nitrogens with zero attached hydrogens (tertiary/aromatic N) is 1. The van der Waals surface area contributed by atoms with Gasteiger partial charge in [0.05, 0.1) is 11.0 Å². The molecule has 1 unspecified atom stereocenters. The van der Waals surface area contributed by atoms with Crippen LogP contribution in [0.5, 0.6) is 0 Å². The standard InChI is InChI=1S/C12H12Br2N2OS/c13-8-4-7(5-9(14)6-8)12(17)16-3-1-2-10(16)11(15)18/h4-6,10H,1-3H2,(H2,15,18). The molecule has 6 heteroatoms. The van der Waals surface area contributed by atoms with Crippen LogP contribution >= 0.6 is 44.1 Å². The highest BCUT2D eigenvalue weighted by atomic mass is 79.9. The summed E-state index contributed by atoms with van der Waals surface area (Å²) in [5.74, 6) is -0.0210. The van der Waals surface area contributed by atoms with Crippen LogP contribution in [0.3, 0.4) is 0 Å². The third kappa shape index (κ3) is 2.92. The topological polar surface area (TPSA) is 46.3 Å². The third-order valence-corrected chi connectivity index (χ3v) is 4.14. The van der Waals surface area contributed by atoms with E-state index in [0.29, 0.717) is 17.1 Å². The van der Waals surface area contributed by atoms with Gasteiger partial charge in [-0.3, -0.25) is 4.79 Å². The molecule has 2 rings (SSSR count). The van der Waals surface area contributed by atoms with E-state index < -0.39 is 0 Å². The first-order valence-electron chi connectivity index (χ1n) is 5.55. The highest BCUT2D eigenvalue weighted by Crippen LogP contribution is 2.24. The summed E-state index contributed by atoms with van der Waals surface area (Å²) in [6.45, 7) is 0.713. The van der Waals surface area contributed by atoms with Gasteiger partial charge in [0, 0.05) is 21.1 Å². The van der Waals surface area contributed by atoms with Gasteiger partial charge >= 0.3 is 0 Å². The van der Waals surface area contributed by atoms with Crippen LogP contribution in [-0.4, -0.2) is 28.4 Å². The summed E-state index contributed by atoms with van der Waals surface area (Å²) in [6.07, 6.45) is 1.80. The van der Waals surface area contributed by atoms with Crippen molar-refractivity contribution in [2.45, 2.75) is 18.9 Å². The smallest absolute Gasteiger partial charge is 0.254 e. The first-order chi connectivity index (χ1) is 8.49. The molecule has 0 aliphatic carbocycles. The van der Waals surface area contributed by atoms with Crippen molar-refractivity contribution in [3.8, 4) is 0 Å². The number of benzene rings is 1. The lowest BCUT2D eigenvalue weighted by Gasteiger charge is -2.24. The zero-order valence-corrected chi connectivity index (χ0v) is 13.5. The Bertz CT molecular complexity index is 487. The molecule has 1 aromatic rings. The van der Waals surface area contributed by atoms with E-state index in [0.717, 1.165) is 21.8 Å². The predicted octanol–water partition coefficient (Wildman–Crippen LogP) is 3.10. The van der Waals surface area contributed by atoms with Crippen LogP contribution in [0.1, 0.15) is 23.2 Å². The summed E-state index contributed by atoms with van der Waals surface area (Å²) in [4.78, 5) is 14.6. The minimum Gasteiger partial charge on any atom is -0.392 e. The van der Waals surface area contributed by atoms with Crippen molar-refractivity contribution < 1.29 is 4.79 Å². The van der Waals surface area contributed by atoms with E-state index in [-0.39, 0.29) is 11.9 Å². The average molecular weight is 392 g/mol. The Labute approximate surface area is 128 Å². The second-order valence-electron chi connectivity index (χ2n) is 4.22. The fraction of sp³-hybridized carbons (Fsp3) is 0.333. The molecule has 1 aliphatic heterocycles. The Morgan fingerprint density at radius 3 is 2.50 bits per heavy atom. The Hall–Kier alpha value is -0.460. The lowest BCUT2D eigenvalue weighted by Crippen LogP contribution is -2.42. The molecule has 1 amide bonds. The van der Waals surface area contributed by atoms with Gasteiger partial charge in [-0.25, -0.2) is 0 Å². The molecule has 0 radical (unpaired) electrons. The number of hydrogen-bond donors (Lipinski definition) is 1. The van der Waals surface area contributed by atoms with E-state index in [1.165, 1.54) is 0 Å². The molecule has 0 spiro atoms. The van der Waals surface area contributed by atoms with Gasteiger partial charge in [0.1, 0.15) is 0 Å². The van der Waals surface area contributed by atoms with Crippen molar-refractivity contribution in [3.63, 3.8) is 0 Å². The van der Waals surface area contributed by atoms with E-state index in [1.807, 2.05) is 18.2 Å². The number of rotatable bonds is 2. The van der Waals surface area contributed by atoms with Crippen molar-refractivity contribution in [1.82, 2.24) is 4.90 Å². The van der Waals surface area contributed by atoms with Crippen LogP contribution in [0.4, 0.5) is 0 Å². The van der Waals surface area contributed by atoms with Crippen molar-refractivity contribution >= 4 is 55.0 Å². The van der Waals surface area contributed by atoms with E-state index in [4.69, 9.17) is 18.0 Å². The van der Waals surface area contributed by atoms with Crippen molar-refractivity contribution in [2.24, 2.45) is 5.73 Å². The molecule has 1 aliphatic rings. The summed E-state index contributed by atoms with van der Waals surface area (Å²) in [5.41, 5.74) is 6.32. The minimum absolute atomic E-state index is 0.0210. The fourth-order valence-electron chi connectivity index (χ4n) is 2.15. The number of hydrogen-bond acceptors (Lipinski definition) is 2.